The summed E-state index contributed by atoms with van der Waals surface area (Å²) >= 11 is 4.28. The molecule has 0 radical (unpaired) electrons. The lowest BCUT2D eigenvalue weighted by atomic mass is 9.90. The van der Waals surface area contributed by atoms with Crippen LogP contribution < -0.4 is 5.32 Å². The molecule has 0 aliphatic heterocycles. The summed E-state index contributed by atoms with van der Waals surface area (Å²) in [5.74, 6) is 0.717. The van der Waals surface area contributed by atoms with Crippen molar-refractivity contribution in [2.45, 2.75) is 18.4 Å². The molecule has 0 bridgehead atoms. The van der Waals surface area contributed by atoms with E-state index in [1.54, 1.807) is 0 Å². The molecule has 1 atom stereocenters. The second kappa shape index (κ2) is 5.82. The Morgan fingerprint density at radius 3 is 2.10 bits per heavy atom. The van der Waals surface area contributed by atoms with Crippen molar-refractivity contribution in [1.29, 1.82) is 0 Å². The molecular weight excluding hydrogens is 282 g/mol. The second-order valence-electron chi connectivity index (χ2n) is 5.29. The van der Waals surface area contributed by atoms with E-state index < -0.39 is 6.09 Å². The maximum absolute atomic E-state index is 10.9. The van der Waals surface area contributed by atoms with Gasteiger partial charge in [-0.15, -0.1) is 0 Å². The van der Waals surface area contributed by atoms with E-state index in [2.05, 4.69) is 42.2 Å². The lowest BCUT2D eigenvalue weighted by Gasteiger charge is -2.20. The summed E-state index contributed by atoms with van der Waals surface area (Å²) in [5.41, 5.74) is 5.06. The Kier molecular flexibility index (Phi) is 3.88. The number of fused-ring (bicyclic) bond motifs is 3. The van der Waals surface area contributed by atoms with Crippen LogP contribution in [0, 0.1) is 0 Å². The Balaban J connectivity index is 1.96. The number of thiol groups is 1. The van der Waals surface area contributed by atoms with Crippen LogP contribution in [-0.4, -0.2) is 23.0 Å². The maximum Gasteiger partial charge on any atom is 0.404 e. The van der Waals surface area contributed by atoms with E-state index >= 15 is 0 Å². The standard InChI is InChI=1S/C17H17NO2S/c19-17(20)18-11(10-21)9-16-14-7-3-1-5-12(14)13-6-2-4-8-15(13)16/h1-8,11,16,18,21H,9-10H2,(H,19,20). The van der Waals surface area contributed by atoms with Crippen molar-refractivity contribution in [3.05, 3.63) is 59.7 Å². The van der Waals surface area contributed by atoms with Crippen LogP contribution in [0.4, 0.5) is 4.79 Å². The molecule has 108 valence electrons. The second-order valence-corrected chi connectivity index (χ2v) is 5.66. The summed E-state index contributed by atoms with van der Waals surface area (Å²) in [7, 11) is 0. The molecule has 3 rings (SSSR count). The van der Waals surface area contributed by atoms with Crippen LogP contribution in [0.5, 0.6) is 0 Å². The molecule has 0 aromatic heterocycles. The third kappa shape index (κ3) is 2.63. The van der Waals surface area contributed by atoms with E-state index in [-0.39, 0.29) is 12.0 Å². The Morgan fingerprint density at radius 2 is 1.62 bits per heavy atom. The topological polar surface area (TPSA) is 49.3 Å². The molecule has 2 aromatic rings. The third-order valence-electron chi connectivity index (χ3n) is 4.03. The van der Waals surface area contributed by atoms with Gasteiger partial charge in [0.15, 0.2) is 0 Å². The molecule has 3 nitrogen and oxygen atoms in total. The fraction of sp³-hybridized carbons (Fsp3) is 0.235. The van der Waals surface area contributed by atoms with Crippen LogP contribution in [0.1, 0.15) is 23.5 Å². The van der Waals surface area contributed by atoms with Crippen molar-refractivity contribution in [3.8, 4) is 11.1 Å². The number of rotatable bonds is 4. The minimum atomic E-state index is -0.992. The predicted molar refractivity (Wildman–Crippen MR) is 87.1 cm³/mol. The van der Waals surface area contributed by atoms with Gasteiger partial charge < -0.3 is 10.4 Å². The molecule has 21 heavy (non-hydrogen) atoms. The lowest BCUT2D eigenvalue weighted by molar-refractivity contribution is 0.190. The number of carboxylic acid groups (broad SMARTS) is 1. The summed E-state index contributed by atoms with van der Waals surface area (Å²) in [6, 6.07) is 16.5. The first-order valence-corrected chi connectivity index (χ1v) is 7.62. The van der Waals surface area contributed by atoms with E-state index in [1.165, 1.54) is 22.3 Å². The Bertz CT molecular complexity index is 626. The third-order valence-corrected chi connectivity index (χ3v) is 4.47. The van der Waals surface area contributed by atoms with Crippen LogP contribution in [0.15, 0.2) is 48.5 Å². The first kappa shape index (κ1) is 14.0. The summed E-state index contributed by atoms with van der Waals surface area (Å²) in [5, 5.41) is 11.5. The highest BCUT2D eigenvalue weighted by Crippen LogP contribution is 2.46. The zero-order valence-corrected chi connectivity index (χ0v) is 12.4. The van der Waals surface area contributed by atoms with Gasteiger partial charge in [-0.2, -0.15) is 12.6 Å². The van der Waals surface area contributed by atoms with Gasteiger partial charge in [-0.3, -0.25) is 0 Å². The number of carbonyl (C=O) groups is 1. The van der Waals surface area contributed by atoms with Crippen LogP contribution in [0.3, 0.4) is 0 Å². The molecule has 2 aromatic carbocycles. The molecule has 1 aliphatic carbocycles. The highest BCUT2D eigenvalue weighted by Gasteiger charge is 2.30. The van der Waals surface area contributed by atoms with Gasteiger partial charge in [-0.05, 0) is 28.7 Å². The maximum atomic E-state index is 10.9. The van der Waals surface area contributed by atoms with Crippen LogP contribution >= 0.6 is 12.6 Å². The molecule has 1 aliphatic rings. The van der Waals surface area contributed by atoms with Crippen LogP contribution in [-0.2, 0) is 0 Å². The molecular formula is C17H17NO2S. The number of hydrogen-bond acceptors (Lipinski definition) is 2. The molecule has 2 N–H and O–H groups in total. The van der Waals surface area contributed by atoms with E-state index in [1.807, 2.05) is 24.3 Å². The summed E-state index contributed by atoms with van der Waals surface area (Å²) in [6.07, 6.45) is -0.266. The SMILES string of the molecule is O=C(O)NC(CS)CC1c2ccccc2-c2ccccc21. The smallest absolute Gasteiger partial charge is 0.404 e. The number of amides is 1. The summed E-state index contributed by atoms with van der Waals surface area (Å²) < 4.78 is 0. The summed E-state index contributed by atoms with van der Waals surface area (Å²) in [4.78, 5) is 10.9. The van der Waals surface area contributed by atoms with Gasteiger partial charge in [0, 0.05) is 17.7 Å². The van der Waals surface area contributed by atoms with Crippen molar-refractivity contribution >= 4 is 18.7 Å². The Labute approximate surface area is 129 Å². The van der Waals surface area contributed by atoms with Crippen molar-refractivity contribution in [1.82, 2.24) is 5.32 Å². The van der Waals surface area contributed by atoms with Crippen molar-refractivity contribution < 1.29 is 9.90 Å². The summed E-state index contributed by atoms with van der Waals surface area (Å²) in [6.45, 7) is 0. The van der Waals surface area contributed by atoms with Gasteiger partial charge in [0.1, 0.15) is 0 Å². The predicted octanol–water partition coefficient (Wildman–Crippen LogP) is 3.76. The first-order valence-electron chi connectivity index (χ1n) is 6.99. The molecule has 1 amide bonds. The van der Waals surface area contributed by atoms with Crippen molar-refractivity contribution in [2.75, 3.05) is 5.75 Å². The highest BCUT2D eigenvalue weighted by molar-refractivity contribution is 7.80. The number of benzene rings is 2. The Hall–Kier alpha value is -1.94. The van der Waals surface area contributed by atoms with E-state index in [0.29, 0.717) is 5.75 Å². The van der Waals surface area contributed by atoms with E-state index in [9.17, 15) is 4.79 Å². The first-order chi connectivity index (χ1) is 10.2. The van der Waals surface area contributed by atoms with Gasteiger partial charge in [0.2, 0.25) is 0 Å². The van der Waals surface area contributed by atoms with Crippen molar-refractivity contribution in [2.24, 2.45) is 0 Å². The van der Waals surface area contributed by atoms with Gasteiger partial charge in [-0.25, -0.2) is 4.79 Å². The van der Waals surface area contributed by atoms with Crippen LogP contribution in [0.2, 0.25) is 0 Å². The number of hydrogen-bond donors (Lipinski definition) is 3. The van der Waals surface area contributed by atoms with E-state index in [0.717, 1.165) is 6.42 Å². The molecule has 0 saturated carbocycles. The average Bonchev–Trinajstić information content (AvgIpc) is 2.81. The number of nitrogens with one attached hydrogen (secondary N) is 1. The quantitative estimate of drug-likeness (QED) is 0.753. The molecule has 0 fully saturated rings. The average molecular weight is 299 g/mol. The molecule has 1 unspecified atom stereocenters. The lowest BCUT2D eigenvalue weighted by Crippen LogP contribution is -2.36. The minimum Gasteiger partial charge on any atom is -0.465 e. The minimum absolute atomic E-state index is 0.157. The fourth-order valence-corrected chi connectivity index (χ4v) is 3.39. The van der Waals surface area contributed by atoms with E-state index in [4.69, 9.17) is 5.11 Å². The van der Waals surface area contributed by atoms with Gasteiger partial charge >= 0.3 is 6.09 Å². The zero-order chi connectivity index (χ0) is 14.8. The monoisotopic (exact) mass is 299 g/mol. The molecule has 4 heteroatoms. The van der Waals surface area contributed by atoms with Crippen LogP contribution in [0.25, 0.3) is 11.1 Å². The highest BCUT2D eigenvalue weighted by atomic mass is 32.1. The van der Waals surface area contributed by atoms with Gasteiger partial charge in [0.25, 0.3) is 0 Å². The molecule has 0 spiro atoms. The van der Waals surface area contributed by atoms with Crippen molar-refractivity contribution in [3.63, 3.8) is 0 Å². The Morgan fingerprint density at radius 1 is 1.10 bits per heavy atom. The molecule has 0 saturated heterocycles. The normalized spacial score (nSPS) is 14.3. The van der Waals surface area contributed by atoms with Gasteiger partial charge in [0.05, 0.1) is 0 Å². The molecule has 0 heterocycles. The largest absolute Gasteiger partial charge is 0.465 e. The van der Waals surface area contributed by atoms with Gasteiger partial charge in [-0.1, -0.05) is 48.5 Å². The fourth-order valence-electron chi connectivity index (χ4n) is 3.15. The zero-order valence-electron chi connectivity index (χ0n) is 11.5.